The minimum absolute atomic E-state index is 0.0460. The Labute approximate surface area is 80.9 Å². The first kappa shape index (κ1) is 7.83. The molecule has 1 fully saturated rings. The van der Waals surface area contributed by atoms with Crippen molar-refractivity contribution in [1.82, 2.24) is 0 Å². The average molecular weight is 187 g/mol. The highest BCUT2D eigenvalue weighted by atomic mass is 16.1. The van der Waals surface area contributed by atoms with Gasteiger partial charge in [0.25, 0.3) is 0 Å². The Bertz CT molecular complexity index is 417. The van der Waals surface area contributed by atoms with Gasteiger partial charge in [0.2, 0.25) is 0 Å². The smallest absolute Gasteiger partial charge is 0.169 e. The van der Waals surface area contributed by atoms with Gasteiger partial charge in [0.15, 0.2) is 5.78 Å². The number of ketones is 1. The fourth-order valence-electron chi connectivity index (χ4n) is 3.02. The van der Waals surface area contributed by atoms with Gasteiger partial charge in [-0.05, 0) is 29.7 Å². The molecule has 0 unspecified atom stereocenters. The molecule has 4 nitrogen and oxygen atoms in total. The van der Waals surface area contributed by atoms with Crippen LogP contribution in [0.1, 0.15) is 6.42 Å². The second-order valence-electron chi connectivity index (χ2n) is 4.16. The molecule has 0 amide bonds. The van der Waals surface area contributed by atoms with E-state index in [0.29, 0.717) is 23.5 Å². The summed E-state index contributed by atoms with van der Waals surface area (Å²) in [5.41, 5.74) is 8.64. The molecule has 0 aromatic rings. The van der Waals surface area contributed by atoms with E-state index in [1.165, 1.54) is 0 Å². The third-order valence-electron chi connectivity index (χ3n) is 3.58. The van der Waals surface area contributed by atoms with Crippen molar-refractivity contribution in [3.05, 3.63) is 34.4 Å². The third kappa shape index (κ3) is 0.788. The number of fused-ring (bicyclic) bond motifs is 5. The predicted octanol–water partition coefficient (Wildman–Crippen LogP) is 2.20. The third-order valence-corrected chi connectivity index (χ3v) is 3.58. The van der Waals surface area contributed by atoms with E-state index >= 15 is 0 Å². The molecular formula is C10H9N3O. The van der Waals surface area contributed by atoms with E-state index in [9.17, 15) is 4.79 Å². The van der Waals surface area contributed by atoms with Crippen LogP contribution in [-0.2, 0) is 4.79 Å². The number of rotatable bonds is 1. The predicted molar refractivity (Wildman–Crippen MR) is 50.0 cm³/mol. The van der Waals surface area contributed by atoms with Gasteiger partial charge >= 0.3 is 0 Å². The molecule has 70 valence electrons. The van der Waals surface area contributed by atoms with Gasteiger partial charge in [0.1, 0.15) is 0 Å². The quantitative estimate of drug-likeness (QED) is 0.268. The van der Waals surface area contributed by atoms with Crippen LogP contribution >= 0.6 is 0 Å². The number of nitrogens with zero attached hydrogens (tertiary/aromatic N) is 3. The minimum Gasteiger partial charge on any atom is -0.294 e. The Hall–Kier alpha value is -1.54. The maximum Gasteiger partial charge on any atom is 0.169 e. The van der Waals surface area contributed by atoms with E-state index in [4.69, 9.17) is 5.53 Å². The first-order valence-corrected chi connectivity index (χ1v) is 4.80. The highest BCUT2D eigenvalue weighted by Crippen LogP contribution is 2.52. The van der Waals surface area contributed by atoms with Gasteiger partial charge in [-0.3, -0.25) is 4.79 Å². The summed E-state index contributed by atoms with van der Waals surface area (Å²) in [6.07, 6.45) is 7.28. The van der Waals surface area contributed by atoms with Crippen molar-refractivity contribution < 1.29 is 4.79 Å². The van der Waals surface area contributed by atoms with Gasteiger partial charge in [-0.1, -0.05) is 23.3 Å². The van der Waals surface area contributed by atoms with Crippen LogP contribution in [0.25, 0.3) is 10.4 Å². The van der Waals surface area contributed by atoms with E-state index in [-0.39, 0.29) is 11.7 Å². The standard InChI is InChI=1S/C10H9N3O/c11-13-12-8-4-7-5-1-2-6(3-5)9(7)10(8)14/h1-2,4-7,9H,3H2/t5-,6+,7-,9+/m0/s1. The summed E-state index contributed by atoms with van der Waals surface area (Å²) < 4.78 is 0. The van der Waals surface area contributed by atoms with Crippen molar-refractivity contribution in [2.75, 3.05) is 0 Å². The lowest BCUT2D eigenvalue weighted by Gasteiger charge is -2.17. The first-order chi connectivity index (χ1) is 6.81. The van der Waals surface area contributed by atoms with E-state index in [2.05, 4.69) is 22.2 Å². The van der Waals surface area contributed by atoms with Crippen molar-refractivity contribution in [3.8, 4) is 0 Å². The summed E-state index contributed by atoms with van der Waals surface area (Å²) in [5, 5.41) is 3.45. The molecule has 4 heteroatoms. The lowest BCUT2D eigenvalue weighted by atomic mass is 9.85. The number of hydrogen-bond acceptors (Lipinski definition) is 2. The van der Waals surface area contributed by atoms with Crippen molar-refractivity contribution in [2.24, 2.45) is 28.8 Å². The van der Waals surface area contributed by atoms with Gasteiger partial charge in [0.05, 0.1) is 5.70 Å². The number of hydrogen-bond donors (Lipinski definition) is 0. The number of azide groups is 1. The van der Waals surface area contributed by atoms with E-state index in [1.54, 1.807) is 0 Å². The molecule has 0 spiro atoms. The summed E-state index contributed by atoms with van der Waals surface area (Å²) >= 11 is 0. The Kier molecular flexibility index (Phi) is 1.39. The molecule has 3 aliphatic rings. The van der Waals surface area contributed by atoms with Crippen LogP contribution < -0.4 is 0 Å². The SMILES string of the molecule is [N-]=[N+]=NC1=C[C@@H]2[C@H](C1=O)[C@@H]1C=C[C@H]2C1. The average Bonchev–Trinajstić information content (AvgIpc) is 2.81. The molecule has 2 bridgehead atoms. The summed E-state index contributed by atoms with van der Waals surface area (Å²) in [6, 6.07) is 0. The number of carbonyl (C=O) groups is 1. The van der Waals surface area contributed by atoms with Crippen LogP contribution in [0, 0.1) is 23.7 Å². The molecule has 4 atom stereocenters. The van der Waals surface area contributed by atoms with Crippen molar-refractivity contribution >= 4 is 5.78 Å². The second kappa shape index (κ2) is 2.49. The van der Waals surface area contributed by atoms with E-state index < -0.39 is 0 Å². The van der Waals surface area contributed by atoms with Gasteiger partial charge in [-0.15, -0.1) is 0 Å². The second-order valence-corrected chi connectivity index (χ2v) is 4.16. The molecule has 0 aliphatic heterocycles. The molecule has 0 aromatic carbocycles. The zero-order valence-corrected chi connectivity index (χ0v) is 7.50. The van der Waals surface area contributed by atoms with Gasteiger partial charge in [-0.25, -0.2) is 0 Å². The Morgan fingerprint density at radius 1 is 1.43 bits per heavy atom. The van der Waals surface area contributed by atoms with Crippen LogP contribution in [0.3, 0.4) is 0 Å². The molecule has 0 aromatic heterocycles. The van der Waals surface area contributed by atoms with Crippen LogP contribution in [0.5, 0.6) is 0 Å². The molecule has 1 saturated carbocycles. The molecule has 0 N–H and O–H groups in total. The zero-order chi connectivity index (χ0) is 9.71. The van der Waals surface area contributed by atoms with Crippen LogP contribution in [0.4, 0.5) is 0 Å². The first-order valence-electron chi connectivity index (χ1n) is 4.80. The molecule has 3 aliphatic carbocycles. The molecule has 14 heavy (non-hydrogen) atoms. The highest BCUT2D eigenvalue weighted by molar-refractivity contribution is 6.00. The topological polar surface area (TPSA) is 65.8 Å². The fraction of sp³-hybridized carbons (Fsp3) is 0.500. The maximum atomic E-state index is 11.8. The van der Waals surface area contributed by atoms with Gasteiger partial charge in [0, 0.05) is 10.8 Å². The number of carbonyl (C=O) groups excluding carboxylic acids is 1. The number of allylic oxidation sites excluding steroid dienone is 4. The van der Waals surface area contributed by atoms with Gasteiger partial charge < -0.3 is 0 Å². The monoisotopic (exact) mass is 187 g/mol. The Morgan fingerprint density at radius 2 is 2.21 bits per heavy atom. The normalized spacial score (nSPS) is 42.3. The van der Waals surface area contributed by atoms with Crippen molar-refractivity contribution in [2.45, 2.75) is 6.42 Å². The van der Waals surface area contributed by atoms with Crippen LogP contribution in [-0.4, -0.2) is 5.78 Å². The lowest BCUT2D eigenvalue weighted by Crippen LogP contribution is -2.20. The molecule has 3 rings (SSSR count). The van der Waals surface area contributed by atoms with Crippen molar-refractivity contribution in [3.63, 3.8) is 0 Å². The molecule has 0 saturated heterocycles. The van der Waals surface area contributed by atoms with Crippen molar-refractivity contribution in [1.29, 1.82) is 0 Å². The van der Waals surface area contributed by atoms with E-state index in [0.717, 1.165) is 6.42 Å². The lowest BCUT2D eigenvalue weighted by molar-refractivity contribution is -0.119. The fourth-order valence-corrected chi connectivity index (χ4v) is 3.02. The highest BCUT2D eigenvalue weighted by Gasteiger charge is 2.50. The maximum absolute atomic E-state index is 11.8. The largest absolute Gasteiger partial charge is 0.294 e. The van der Waals surface area contributed by atoms with Crippen LogP contribution in [0.2, 0.25) is 0 Å². The minimum atomic E-state index is 0.0460. The van der Waals surface area contributed by atoms with E-state index in [1.807, 2.05) is 6.08 Å². The summed E-state index contributed by atoms with van der Waals surface area (Å²) in [4.78, 5) is 14.5. The molecule has 0 heterocycles. The van der Waals surface area contributed by atoms with Gasteiger partial charge in [-0.2, -0.15) is 0 Å². The number of Topliss-reactive ketones (excluding diaryl/α,β-unsaturated/α-hetero) is 1. The Balaban J connectivity index is 2.01. The Morgan fingerprint density at radius 3 is 2.93 bits per heavy atom. The zero-order valence-electron chi connectivity index (χ0n) is 7.50. The summed E-state index contributed by atoms with van der Waals surface area (Å²) in [6.45, 7) is 0. The molecular weight excluding hydrogens is 178 g/mol. The summed E-state index contributed by atoms with van der Waals surface area (Å²) in [5.74, 6) is 1.31. The summed E-state index contributed by atoms with van der Waals surface area (Å²) in [7, 11) is 0. The van der Waals surface area contributed by atoms with Crippen LogP contribution in [0.15, 0.2) is 29.0 Å². The molecule has 0 radical (unpaired) electrons.